The van der Waals surface area contributed by atoms with Crippen LogP contribution in [0.5, 0.6) is 0 Å². The highest BCUT2D eigenvalue weighted by Crippen LogP contribution is 2.33. The Kier molecular flexibility index (Phi) is 16.1. The second-order valence-electron chi connectivity index (χ2n) is 9.12. The average molecular weight is 473 g/mol. The molecule has 194 valence electrons. The molecule has 0 aromatic heterocycles. The lowest BCUT2D eigenvalue weighted by Gasteiger charge is -2.46. The van der Waals surface area contributed by atoms with Crippen molar-refractivity contribution in [2.24, 2.45) is 0 Å². The van der Waals surface area contributed by atoms with Crippen LogP contribution in [0.25, 0.3) is 0 Å². The lowest BCUT2D eigenvalue weighted by molar-refractivity contribution is -0.344. The molecule has 1 rings (SSSR count). The second kappa shape index (κ2) is 17.6. The Morgan fingerprint density at radius 3 is 1.94 bits per heavy atom. The molecule has 1 heterocycles. The number of ether oxygens (including phenoxy) is 2. The van der Waals surface area contributed by atoms with E-state index in [0.717, 1.165) is 32.1 Å². The fourth-order valence-electron chi connectivity index (χ4n) is 4.32. The van der Waals surface area contributed by atoms with E-state index < -0.39 is 42.6 Å². The Balaban J connectivity index is 2.24. The molecule has 0 amide bonds. The highest BCUT2D eigenvalue weighted by molar-refractivity contribution is 5.87. The van der Waals surface area contributed by atoms with Gasteiger partial charge in [-0.2, -0.15) is 0 Å². The Morgan fingerprint density at radius 2 is 1.39 bits per heavy atom. The molecule has 0 radical (unpaired) electrons. The third kappa shape index (κ3) is 10.1. The van der Waals surface area contributed by atoms with Crippen molar-refractivity contribution in [2.45, 2.75) is 134 Å². The Labute approximate surface area is 200 Å². The van der Waals surface area contributed by atoms with Gasteiger partial charge in [0.05, 0.1) is 6.61 Å². The SMILES string of the molecule is CCCCCCCC/C=C\CCCCCCCC(=O)C1(OCC)O[C@H](CO)[C@@H](O)[C@H](O)[C@H]1O. The number of Topliss-reactive ketones (excluding diaryl/α,β-unsaturated/α-hetero) is 1. The van der Waals surface area contributed by atoms with Gasteiger partial charge < -0.3 is 29.9 Å². The van der Waals surface area contributed by atoms with Crippen molar-refractivity contribution < 1.29 is 34.7 Å². The Bertz CT molecular complexity index is 537. The molecule has 0 aliphatic carbocycles. The van der Waals surface area contributed by atoms with Crippen LogP contribution in [0, 0.1) is 0 Å². The molecule has 5 atom stereocenters. The zero-order valence-electron chi connectivity index (χ0n) is 20.8. The molecule has 0 aromatic carbocycles. The van der Waals surface area contributed by atoms with Crippen molar-refractivity contribution in [2.75, 3.05) is 13.2 Å². The van der Waals surface area contributed by atoms with E-state index in [1.54, 1.807) is 6.92 Å². The molecular weight excluding hydrogens is 424 g/mol. The summed E-state index contributed by atoms with van der Waals surface area (Å²) in [6.45, 7) is 3.37. The third-order valence-electron chi connectivity index (χ3n) is 6.36. The maximum atomic E-state index is 12.9. The maximum Gasteiger partial charge on any atom is 0.258 e. The van der Waals surface area contributed by atoms with E-state index in [0.29, 0.717) is 6.42 Å². The summed E-state index contributed by atoms with van der Waals surface area (Å²) in [5.41, 5.74) is 0. The van der Waals surface area contributed by atoms with Crippen LogP contribution in [0.4, 0.5) is 0 Å². The van der Waals surface area contributed by atoms with Crippen molar-refractivity contribution in [3.05, 3.63) is 12.2 Å². The number of aliphatic hydroxyl groups excluding tert-OH is 4. The van der Waals surface area contributed by atoms with Crippen LogP contribution in [-0.4, -0.2) is 69.6 Å². The van der Waals surface area contributed by atoms with Gasteiger partial charge in [-0.1, -0.05) is 70.4 Å². The summed E-state index contributed by atoms with van der Waals surface area (Å²) < 4.78 is 11.0. The van der Waals surface area contributed by atoms with Gasteiger partial charge in [-0.05, 0) is 39.0 Å². The van der Waals surface area contributed by atoms with Gasteiger partial charge in [0.15, 0.2) is 5.78 Å². The van der Waals surface area contributed by atoms with E-state index in [9.17, 15) is 25.2 Å². The van der Waals surface area contributed by atoms with Gasteiger partial charge in [0.1, 0.15) is 24.4 Å². The Morgan fingerprint density at radius 1 is 0.848 bits per heavy atom. The lowest BCUT2D eigenvalue weighted by atomic mass is 9.88. The first-order valence-electron chi connectivity index (χ1n) is 13.1. The topological polar surface area (TPSA) is 116 Å². The molecule has 1 fully saturated rings. The summed E-state index contributed by atoms with van der Waals surface area (Å²) in [6.07, 6.45) is 13.6. The molecule has 7 heteroatoms. The van der Waals surface area contributed by atoms with Gasteiger partial charge >= 0.3 is 0 Å². The number of aliphatic hydroxyl groups is 4. The van der Waals surface area contributed by atoms with Crippen molar-refractivity contribution in [3.8, 4) is 0 Å². The molecule has 1 unspecified atom stereocenters. The number of allylic oxidation sites excluding steroid dienone is 2. The monoisotopic (exact) mass is 472 g/mol. The predicted molar refractivity (Wildman–Crippen MR) is 129 cm³/mol. The molecule has 1 aliphatic heterocycles. The molecular formula is C26H48O7. The van der Waals surface area contributed by atoms with Gasteiger partial charge in [0, 0.05) is 13.0 Å². The van der Waals surface area contributed by atoms with Crippen molar-refractivity contribution in [3.63, 3.8) is 0 Å². The van der Waals surface area contributed by atoms with E-state index in [4.69, 9.17) is 9.47 Å². The number of hydrogen-bond donors (Lipinski definition) is 4. The van der Waals surface area contributed by atoms with Crippen LogP contribution < -0.4 is 0 Å². The number of hydrogen-bond acceptors (Lipinski definition) is 7. The molecule has 0 saturated carbocycles. The molecule has 0 bridgehead atoms. The first-order chi connectivity index (χ1) is 15.9. The summed E-state index contributed by atoms with van der Waals surface area (Å²) in [4.78, 5) is 12.9. The first-order valence-corrected chi connectivity index (χ1v) is 13.1. The summed E-state index contributed by atoms with van der Waals surface area (Å²) >= 11 is 0. The standard InChI is InChI=1S/C26H48O7/c1-3-5-6-7-8-9-10-11-12-13-14-15-16-17-18-19-22(28)26(32-4-2)25(31)24(30)23(29)21(20-27)33-26/h11-12,21,23-25,27,29-31H,3-10,13-20H2,1-2H3/b12-11-/t21-,23-,24+,25-,26?/m1/s1. The van der Waals surface area contributed by atoms with E-state index in [-0.39, 0.29) is 13.0 Å². The van der Waals surface area contributed by atoms with E-state index in [1.807, 2.05) is 0 Å². The number of carbonyl (C=O) groups excluding carboxylic acids is 1. The smallest absolute Gasteiger partial charge is 0.258 e. The van der Waals surface area contributed by atoms with Crippen molar-refractivity contribution >= 4 is 5.78 Å². The van der Waals surface area contributed by atoms with Gasteiger partial charge in [-0.3, -0.25) is 4.79 Å². The number of unbranched alkanes of at least 4 members (excludes halogenated alkanes) is 11. The van der Waals surface area contributed by atoms with Crippen molar-refractivity contribution in [1.82, 2.24) is 0 Å². The average Bonchev–Trinajstić information content (AvgIpc) is 2.81. The highest BCUT2D eigenvalue weighted by atomic mass is 16.7. The highest BCUT2D eigenvalue weighted by Gasteiger charge is 2.58. The van der Waals surface area contributed by atoms with Crippen molar-refractivity contribution in [1.29, 1.82) is 0 Å². The molecule has 0 aromatic rings. The number of rotatable bonds is 19. The van der Waals surface area contributed by atoms with Gasteiger partial charge in [-0.25, -0.2) is 0 Å². The quantitative estimate of drug-likeness (QED) is 0.167. The molecule has 4 N–H and O–H groups in total. The molecule has 33 heavy (non-hydrogen) atoms. The normalized spacial score (nSPS) is 27.9. The van der Waals surface area contributed by atoms with Gasteiger partial charge in [-0.15, -0.1) is 0 Å². The van der Waals surface area contributed by atoms with Crippen LogP contribution in [0.15, 0.2) is 12.2 Å². The number of carbonyl (C=O) groups is 1. The fraction of sp³-hybridized carbons (Fsp3) is 0.885. The lowest BCUT2D eigenvalue weighted by Crippen LogP contribution is -2.69. The minimum absolute atomic E-state index is 0.0795. The van der Waals surface area contributed by atoms with Gasteiger partial charge in [0.2, 0.25) is 0 Å². The second-order valence-corrected chi connectivity index (χ2v) is 9.12. The van der Waals surface area contributed by atoms with Gasteiger partial charge in [0.25, 0.3) is 5.79 Å². The fourth-order valence-corrected chi connectivity index (χ4v) is 4.32. The van der Waals surface area contributed by atoms with Crippen LogP contribution >= 0.6 is 0 Å². The minimum atomic E-state index is -2.05. The van der Waals surface area contributed by atoms with E-state index >= 15 is 0 Å². The molecule has 1 saturated heterocycles. The molecule has 7 nitrogen and oxygen atoms in total. The van der Waals surface area contributed by atoms with Crippen LogP contribution in [-0.2, 0) is 14.3 Å². The first kappa shape index (κ1) is 30.2. The number of ketones is 1. The molecule has 0 spiro atoms. The van der Waals surface area contributed by atoms with Crippen LogP contribution in [0.3, 0.4) is 0 Å². The zero-order valence-corrected chi connectivity index (χ0v) is 20.8. The largest absolute Gasteiger partial charge is 0.394 e. The Hall–Kier alpha value is -0.830. The summed E-state index contributed by atoms with van der Waals surface area (Å²) in [5.74, 6) is -2.53. The zero-order chi connectivity index (χ0) is 24.5. The predicted octanol–water partition coefficient (Wildman–Crippen LogP) is 3.80. The van der Waals surface area contributed by atoms with Crippen LogP contribution in [0.2, 0.25) is 0 Å². The van der Waals surface area contributed by atoms with E-state index in [2.05, 4.69) is 19.1 Å². The third-order valence-corrected chi connectivity index (χ3v) is 6.36. The molecule has 1 aliphatic rings. The maximum absolute atomic E-state index is 12.9. The summed E-state index contributed by atoms with van der Waals surface area (Å²) in [6, 6.07) is 0. The van der Waals surface area contributed by atoms with Crippen LogP contribution in [0.1, 0.15) is 104 Å². The van der Waals surface area contributed by atoms with E-state index in [1.165, 1.54) is 44.9 Å². The summed E-state index contributed by atoms with van der Waals surface area (Å²) in [5, 5.41) is 39.9. The summed E-state index contributed by atoms with van der Waals surface area (Å²) in [7, 11) is 0. The minimum Gasteiger partial charge on any atom is -0.394 e.